The number of nitrogens with zero attached hydrogens (tertiary/aromatic N) is 5. The Kier molecular flexibility index (Phi) is 5.50. The number of fused-ring (bicyclic) bond motifs is 1. The Hall–Kier alpha value is -2.97. The monoisotopic (exact) mass is 406 g/mol. The van der Waals surface area contributed by atoms with Crippen molar-refractivity contribution in [2.75, 3.05) is 11.9 Å². The van der Waals surface area contributed by atoms with Crippen LogP contribution in [0.3, 0.4) is 0 Å². The minimum atomic E-state index is 0.638. The number of benzene rings is 2. The van der Waals surface area contributed by atoms with Gasteiger partial charge in [0.25, 0.3) is 0 Å². The number of hydrogen-bond acceptors (Lipinski definition) is 8. The summed E-state index contributed by atoms with van der Waals surface area (Å²) in [6.07, 6.45) is 0. The molecule has 0 saturated heterocycles. The number of azo groups is 2. The second kappa shape index (κ2) is 8.37. The van der Waals surface area contributed by atoms with Gasteiger partial charge in [0.15, 0.2) is 0 Å². The predicted octanol–water partition coefficient (Wildman–Crippen LogP) is 7.93. The summed E-state index contributed by atoms with van der Waals surface area (Å²) in [5.74, 6) is 0. The van der Waals surface area contributed by atoms with Gasteiger partial charge >= 0.3 is 0 Å². The molecule has 28 heavy (non-hydrogen) atoms. The molecule has 0 amide bonds. The summed E-state index contributed by atoms with van der Waals surface area (Å²) in [5.41, 5.74) is 3.91. The Morgan fingerprint density at radius 3 is 2.21 bits per heavy atom. The topological polar surface area (TPSA) is 74.4 Å². The van der Waals surface area contributed by atoms with Crippen LogP contribution in [0.25, 0.3) is 9.53 Å². The predicted molar refractivity (Wildman–Crippen MR) is 118 cm³/mol. The molecule has 4 rings (SSSR count). The highest BCUT2D eigenvalue weighted by molar-refractivity contribution is 7.30. The van der Waals surface area contributed by atoms with Crippen molar-refractivity contribution >= 4 is 59.4 Å². The normalized spacial score (nSPS) is 11.8. The molecule has 0 aliphatic carbocycles. The summed E-state index contributed by atoms with van der Waals surface area (Å²) in [4.78, 5) is 5.43. The highest BCUT2D eigenvalue weighted by atomic mass is 32.1. The highest BCUT2D eigenvalue weighted by Gasteiger charge is 2.08. The van der Waals surface area contributed by atoms with Crippen LogP contribution in [0, 0.1) is 6.92 Å². The van der Waals surface area contributed by atoms with Gasteiger partial charge in [-0.3, -0.25) is 0 Å². The molecule has 2 heterocycles. The molecule has 2 aromatic heterocycles. The lowest BCUT2D eigenvalue weighted by atomic mass is 10.2. The molecule has 140 valence electrons. The van der Waals surface area contributed by atoms with Crippen LogP contribution < -0.4 is 5.32 Å². The standard InChI is InChI=1S/C20H18N6S2/c1-3-21-14-8-10-16(11-9-14)24-26-20-22-19-17(27-20)12-18(28-19)25-23-15-6-4-13(2)5-7-15/h4-12,21H,3H2,1-2H3. The minimum absolute atomic E-state index is 0.638. The van der Waals surface area contributed by atoms with Crippen molar-refractivity contribution in [1.82, 2.24) is 4.98 Å². The lowest BCUT2D eigenvalue weighted by molar-refractivity contribution is 1.20. The van der Waals surface area contributed by atoms with Crippen LogP contribution in [0.2, 0.25) is 0 Å². The summed E-state index contributed by atoms with van der Waals surface area (Å²) in [6.45, 7) is 5.01. The number of aryl methyl sites for hydroxylation is 1. The van der Waals surface area contributed by atoms with Crippen molar-refractivity contribution in [3.63, 3.8) is 0 Å². The molecule has 6 nitrogen and oxygen atoms in total. The van der Waals surface area contributed by atoms with E-state index in [2.05, 4.69) is 37.7 Å². The van der Waals surface area contributed by atoms with Gasteiger partial charge in [0.05, 0.1) is 16.1 Å². The minimum Gasteiger partial charge on any atom is -0.385 e. The third-order valence-electron chi connectivity index (χ3n) is 3.86. The van der Waals surface area contributed by atoms with E-state index >= 15 is 0 Å². The van der Waals surface area contributed by atoms with Gasteiger partial charge in [-0.2, -0.15) is 0 Å². The van der Waals surface area contributed by atoms with Crippen molar-refractivity contribution in [3.05, 3.63) is 60.2 Å². The number of nitrogens with one attached hydrogen (secondary N) is 1. The van der Waals surface area contributed by atoms with Crippen molar-refractivity contribution in [3.8, 4) is 0 Å². The number of thiophene rings is 1. The van der Waals surface area contributed by atoms with Crippen LogP contribution >= 0.6 is 22.7 Å². The van der Waals surface area contributed by atoms with Gasteiger partial charge in [-0.25, -0.2) is 4.98 Å². The smallest absolute Gasteiger partial charge is 0.231 e. The van der Waals surface area contributed by atoms with Crippen LogP contribution in [0.5, 0.6) is 0 Å². The maximum absolute atomic E-state index is 4.52. The van der Waals surface area contributed by atoms with E-state index in [4.69, 9.17) is 0 Å². The van der Waals surface area contributed by atoms with Crippen LogP contribution in [0.4, 0.5) is 27.2 Å². The third-order valence-corrected chi connectivity index (χ3v) is 5.79. The number of anilines is 1. The van der Waals surface area contributed by atoms with E-state index in [1.165, 1.54) is 28.2 Å². The molecule has 0 aliphatic heterocycles. The summed E-state index contributed by atoms with van der Waals surface area (Å²) in [6, 6.07) is 17.8. The molecule has 4 aromatic rings. The molecule has 2 aromatic carbocycles. The van der Waals surface area contributed by atoms with Gasteiger partial charge in [-0.1, -0.05) is 40.4 Å². The molecule has 0 bridgehead atoms. The van der Waals surface area contributed by atoms with E-state index in [1.807, 2.05) is 61.5 Å². The van der Waals surface area contributed by atoms with Crippen molar-refractivity contribution in [2.45, 2.75) is 13.8 Å². The van der Waals surface area contributed by atoms with Crippen LogP contribution in [0.15, 0.2) is 75.1 Å². The maximum Gasteiger partial charge on any atom is 0.231 e. The molecule has 0 radical (unpaired) electrons. The summed E-state index contributed by atoms with van der Waals surface area (Å²) >= 11 is 3.00. The Morgan fingerprint density at radius 1 is 0.857 bits per heavy atom. The Bertz CT molecular complexity index is 1090. The van der Waals surface area contributed by atoms with Crippen LogP contribution in [0.1, 0.15) is 12.5 Å². The van der Waals surface area contributed by atoms with Gasteiger partial charge in [0, 0.05) is 12.2 Å². The second-order valence-electron chi connectivity index (χ2n) is 6.06. The largest absolute Gasteiger partial charge is 0.385 e. The summed E-state index contributed by atoms with van der Waals surface area (Å²) < 4.78 is 1.04. The van der Waals surface area contributed by atoms with E-state index < -0.39 is 0 Å². The molecule has 0 spiro atoms. The van der Waals surface area contributed by atoms with E-state index in [1.54, 1.807) is 0 Å². The fourth-order valence-electron chi connectivity index (χ4n) is 2.47. The Labute approximate surface area is 170 Å². The quantitative estimate of drug-likeness (QED) is 0.330. The van der Waals surface area contributed by atoms with Gasteiger partial charge < -0.3 is 5.32 Å². The molecule has 0 unspecified atom stereocenters. The van der Waals surface area contributed by atoms with Crippen molar-refractivity contribution in [2.24, 2.45) is 20.5 Å². The van der Waals surface area contributed by atoms with Crippen LogP contribution in [-0.4, -0.2) is 11.5 Å². The van der Waals surface area contributed by atoms with Crippen molar-refractivity contribution < 1.29 is 0 Å². The van der Waals surface area contributed by atoms with Gasteiger partial charge in [-0.15, -0.1) is 20.5 Å². The van der Waals surface area contributed by atoms with Gasteiger partial charge in [-0.05, 0) is 56.3 Å². The van der Waals surface area contributed by atoms with E-state index in [0.29, 0.717) is 5.13 Å². The van der Waals surface area contributed by atoms with Gasteiger partial charge in [0.2, 0.25) is 5.13 Å². The number of hydrogen-bond donors (Lipinski definition) is 1. The first-order valence-electron chi connectivity index (χ1n) is 8.84. The first-order valence-corrected chi connectivity index (χ1v) is 10.5. The number of aromatic nitrogens is 1. The SMILES string of the molecule is CCNc1ccc(N=Nc2nc3sc(N=Nc4ccc(C)cc4)cc3s2)cc1. The zero-order chi connectivity index (χ0) is 19.3. The van der Waals surface area contributed by atoms with E-state index in [-0.39, 0.29) is 0 Å². The maximum atomic E-state index is 4.52. The second-order valence-corrected chi connectivity index (χ2v) is 8.08. The number of thiazole rings is 1. The third kappa shape index (κ3) is 4.47. The average Bonchev–Trinajstić information content (AvgIpc) is 3.25. The zero-order valence-electron chi connectivity index (χ0n) is 15.5. The molecule has 0 fully saturated rings. The summed E-state index contributed by atoms with van der Waals surface area (Å²) in [7, 11) is 0. The molecular weight excluding hydrogens is 388 g/mol. The molecule has 0 aliphatic rings. The van der Waals surface area contributed by atoms with E-state index in [9.17, 15) is 0 Å². The number of rotatable bonds is 6. The fraction of sp³-hybridized carbons (Fsp3) is 0.150. The summed E-state index contributed by atoms with van der Waals surface area (Å²) in [5, 5.41) is 21.8. The lowest BCUT2D eigenvalue weighted by Crippen LogP contribution is -1.94. The molecule has 0 atom stereocenters. The first-order chi connectivity index (χ1) is 13.7. The van der Waals surface area contributed by atoms with Crippen molar-refractivity contribution in [1.29, 1.82) is 0 Å². The van der Waals surface area contributed by atoms with Crippen LogP contribution in [-0.2, 0) is 0 Å². The van der Waals surface area contributed by atoms with E-state index in [0.717, 1.165) is 38.1 Å². The zero-order valence-corrected chi connectivity index (χ0v) is 17.1. The molecule has 0 saturated carbocycles. The molecular formula is C20H18N6S2. The fourth-order valence-corrected chi connectivity index (χ4v) is 4.32. The highest BCUT2D eigenvalue weighted by Crippen LogP contribution is 2.39. The molecule has 1 N–H and O–H groups in total. The first kappa shape index (κ1) is 18.4. The van der Waals surface area contributed by atoms with Gasteiger partial charge in [0.1, 0.15) is 9.83 Å². The Morgan fingerprint density at radius 2 is 1.54 bits per heavy atom. The average molecular weight is 407 g/mol. The molecule has 8 heteroatoms. The Balaban J connectivity index is 1.45. The lowest BCUT2D eigenvalue weighted by Gasteiger charge is -2.01.